The maximum absolute atomic E-state index is 14.0. The molecule has 9 nitrogen and oxygen atoms in total. The molecule has 0 saturated carbocycles. The third kappa shape index (κ3) is 8.98. The third-order valence-electron chi connectivity index (χ3n) is 5.64. The van der Waals surface area contributed by atoms with Gasteiger partial charge in [-0.05, 0) is 42.0 Å². The van der Waals surface area contributed by atoms with Crippen LogP contribution in [0.25, 0.3) is 0 Å². The molecule has 0 radical (unpaired) electrons. The highest BCUT2D eigenvalue weighted by Crippen LogP contribution is 2.40. The minimum Gasteiger partial charge on any atom is -0.496 e. The zero-order valence-electron chi connectivity index (χ0n) is 22.9. The lowest BCUT2D eigenvalue weighted by Crippen LogP contribution is -2.41. The number of nitrogens with one attached hydrogen (secondary N) is 4. The van der Waals surface area contributed by atoms with Crippen LogP contribution in [0.15, 0.2) is 36.4 Å². The number of methoxy groups -OCH3 is 4. The second-order valence-corrected chi connectivity index (χ2v) is 12.3. The molecule has 1 atom stereocenters. The highest BCUT2D eigenvalue weighted by atomic mass is 31.2. The summed E-state index contributed by atoms with van der Waals surface area (Å²) in [5.74, 6) is 2.96. The van der Waals surface area contributed by atoms with Gasteiger partial charge in [-0.15, -0.1) is 0 Å². The van der Waals surface area contributed by atoms with Crippen LogP contribution in [0.1, 0.15) is 45.2 Å². The normalized spacial score (nSPS) is 12.8. The smallest absolute Gasteiger partial charge is 0.237 e. The van der Waals surface area contributed by atoms with Crippen molar-refractivity contribution in [2.45, 2.75) is 47.2 Å². The first-order chi connectivity index (χ1) is 17.1. The molecular weight excluding hydrogens is 479 g/mol. The second kappa shape index (κ2) is 13.9. The highest BCUT2D eigenvalue weighted by molar-refractivity contribution is 7.59. The molecule has 0 aliphatic carbocycles. The summed E-state index contributed by atoms with van der Waals surface area (Å²) in [6.45, 7) is 9.39. The van der Waals surface area contributed by atoms with Gasteiger partial charge in [-0.3, -0.25) is 4.57 Å². The standard InChI is InChI=1S/C26H43N4O5P/c1-19(15-26(2,3)4)18-36(31,29-27-16-20-22(32-5)11-9-12-23(20)33-6)30-28-17-21-24(34-7)13-10-14-25(21)35-8/h9-14,19,27-28H,15-18H2,1-8H3,(H2,29,30,31). The summed E-state index contributed by atoms with van der Waals surface area (Å²) in [7, 11) is 3.34. The molecule has 0 amide bonds. The van der Waals surface area contributed by atoms with Gasteiger partial charge >= 0.3 is 0 Å². The summed E-state index contributed by atoms with van der Waals surface area (Å²) in [5.41, 5.74) is 8.04. The van der Waals surface area contributed by atoms with Crippen LogP contribution in [0, 0.1) is 11.3 Å². The Morgan fingerprint density at radius 1 is 0.750 bits per heavy atom. The summed E-state index contributed by atoms with van der Waals surface area (Å²) in [6.07, 6.45) is 1.37. The first-order valence-corrected chi connectivity index (χ1v) is 13.9. The van der Waals surface area contributed by atoms with Crippen molar-refractivity contribution in [1.82, 2.24) is 21.2 Å². The fourth-order valence-corrected chi connectivity index (χ4v) is 6.30. The fourth-order valence-electron chi connectivity index (χ4n) is 4.38. The van der Waals surface area contributed by atoms with Gasteiger partial charge in [-0.2, -0.15) is 10.4 Å². The van der Waals surface area contributed by atoms with Crippen molar-refractivity contribution in [3.63, 3.8) is 0 Å². The highest BCUT2D eigenvalue weighted by Gasteiger charge is 2.27. The van der Waals surface area contributed by atoms with E-state index in [9.17, 15) is 4.57 Å². The Kier molecular flexibility index (Phi) is 11.5. The van der Waals surface area contributed by atoms with Crippen molar-refractivity contribution in [2.75, 3.05) is 34.6 Å². The van der Waals surface area contributed by atoms with Gasteiger partial charge in [-0.25, -0.2) is 10.9 Å². The van der Waals surface area contributed by atoms with Crippen LogP contribution in [0.4, 0.5) is 0 Å². The summed E-state index contributed by atoms with van der Waals surface area (Å²) >= 11 is 0. The van der Waals surface area contributed by atoms with Crippen molar-refractivity contribution < 1.29 is 23.5 Å². The van der Waals surface area contributed by atoms with Crippen LogP contribution >= 0.6 is 7.44 Å². The van der Waals surface area contributed by atoms with Gasteiger partial charge in [0.25, 0.3) is 0 Å². The number of rotatable bonds is 15. The molecule has 0 bridgehead atoms. The van der Waals surface area contributed by atoms with Crippen LogP contribution in [-0.2, 0) is 17.7 Å². The molecule has 0 fully saturated rings. The maximum atomic E-state index is 14.0. The van der Waals surface area contributed by atoms with E-state index in [0.29, 0.717) is 42.2 Å². The first kappa shape index (κ1) is 29.9. The molecule has 202 valence electrons. The minimum atomic E-state index is -3.12. The molecule has 36 heavy (non-hydrogen) atoms. The monoisotopic (exact) mass is 522 g/mol. The van der Waals surface area contributed by atoms with E-state index in [0.717, 1.165) is 17.5 Å². The molecule has 0 aliphatic heterocycles. The van der Waals surface area contributed by atoms with Crippen molar-refractivity contribution >= 4 is 7.44 Å². The lowest BCUT2D eigenvalue weighted by molar-refractivity contribution is 0.319. The van der Waals surface area contributed by atoms with E-state index in [-0.39, 0.29) is 11.3 Å². The van der Waals surface area contributed by atoms with Crippen LogP contribution in [0.3, 0.4) is 0 Å². The summed E-state index contributed by atoms with van der Waals surface area (Å²) in [4.78, 5) is 0. The molecule has 2 rings (SSSR count). The zero-order chi connectivity index (χ0) is 26.8. The average molecular weight is 523 g/mol. The lowest BCUT2D eigenvalue weighted by Gasteiger charge is -2.28. The minimum absolute atomic E-state index is 0.126. The summed E-state index contributed by atoms with van der Waals surface area (Å²) < 4.78 is 36.0. The largest absolute Gasteiger partial charge is 0.496 e. The summed E-state index contributed by atoms with van der Waals surface area (Å²) in [6, 6.07) is 11.2. The topological polar surface area (TPSA) is 102 Å². The Morgan fingerprint density at radius 2 is 1.11 bits per heavy atom. The van der Waals surface area contributed by atoms with E-state index >= 15 is 0 Å². The fraction of sp³-hybridized carbons (Fsp3) is 0.538. The van der Waals surface area contributed by atoms with E-state index in [1.807, 2.05) is 36.4 Å². The molecule has 2 aromatic rings. The molecule has 0 heterocycles. The van der Waals surface area contributed by atoms with E-state index in [2.05, 4.69) is 48.9 Å². The first-order valence-electron chi connectivity index (χ1n) is 12.0. The SMILES string of the molecule is COc1cccc(OC)c1CNNP(=O)(CC(C)CC(C)(C)C)NNCc1c(OC)cccc1OC. The lowest BCUT2D eigenvalue weighted by atomic mass is 9.86. The van der Waals surface area contributed by atoms with Gasteiger partial charge in [0.2, 0.25) is 7.44 Å². The van der Waals surface area contributed by atoms with Crippen LogP contribution in [0.2, 0.25) is 0 Å². The molecular formula is C26H43N4O5P. The third-order valence-corrected chi connectivity index (χ3v) is 7.82. The molecule has 0 aromatic heterocycles. The summed E-state index contributed by atoms with van der Waals surface area (Å²) in [5, 5.41) is 6.13. The molecule has 0 aliphatic rings. The van der Waals surface area contributed by atoms with Crippen LogP contribution in [0.5, 0.6) is 23.0 Å². The van der Waals surface area contributed by atoms with Gasteiger partial charge in [0.05, 0.1) is 39.6 Å². The zero-order valence-corrected chi connectivity index (χ0v) is 23.8. The Hall–Kier alpha value is -2.29. The predicted molar refractivity (Wildman–Crippen MR) is 145 cm³/mol. The second-order valence-electron chi connectivity index (χ2n) is 10.0. The molecule has 10 heteroatoms. The van der Waals surface area contributed by atoms with Gasteiger partial charge < -0.3 is 18.9 Å². The number of benzene rings is 2. The van der Waals surface area contributed by atoms with E-state index in [1.165, 1.54) is 0 Å². The Bertz CT molecular complexity index is 902. The van der Waals surface area contributed by atoms with E-state index in [4.69, 9.17) is 18.9 Å². The van der Waals surface area contributed by atoms with Crippen LogP contribution in [-0.4, -0.2) is 34.6 Å². The van der Waals surface area contributed by atoms with Gasteiger partial charge in [0.15, 0.2) is 0 Å². The Balaban J connectivity index is 2.16. The molecule has 4 N–H and O–H groups in total. The Morgan fingerprint density at radius 3 is 1.42 bits per heavy atom. The van der Waals surface area contributed by atoms with E-state index < -0.39 is 7.44 Å². The molecule has 0 spiro atoms. The number of hydrogen-bond donors (Lipinski definition) is 4. The maximum Gasteiger partial charge on any atom is 0.237 e. The van der Waals surface area contributed by atoms with Crippen molar-refractivity contribution in [3.05, 3.63) is 47.5 Å². The van der Waals surface area contributed by atoms with Gasteiger partial charge in [0, 0.05) is 19.3 Å². The van der Waals surface area contributed by atoms with Crippen molar-refractivity contribution in [3.8, 4) is 23.0 Å². The number of hydrogen-bond acceptors (Lipinski definition) is 7. The van der Waals surface area contributed by atoms with Crippen LogP contribution < -0.4 is 40.2 Å². The van der Waals surface area contributed by atoms with E-state index in [1.54, 1.807) is 28.4 Å². The van der Waals surface area contributed by atoms with Gasteiger partial charge in [-0.1, -0.05) is 39.8 Å². The Labute approximate surface area is 216 Å². The molecule has 1 unspecified atom stereocenters. The average Bonchev–Trinajstić information content (AvgIpc) is 2.82. The molecule has 0 saturated heterocycles. The quantitative estimate of drug-likeness (QED) is 0.193. The van der Waals surface area contributed by atoms with Crippen molar-refractivity contribution in [1.29, 1.82) is 0 Å². The molecule has 2 aromatic carbocycles. The van der Waals surface area contributed by atoms with Crippen molar-refractivity contribution in [2.24, 2.45) is 11.3 Å². The van der Waals surface area contributed by atoms with Gasteiger partial charge in [0.1, 0.15) is 23.0 Å². The predicted octanol–water partition coefficient (Wildman–Crippen LogP) is 4.88. The number of ether oxygens (including phenoxy) is 4. The number of hydrazine groups is 2.